The van der Waals surface area contributed by atoms with Gasteiger partial charge in [-0.15, -0.1) is 0 Å². The van der Waals surface area contributed by atoms with Gasteiger partial charge in [-0.25, -0.2) is 15.0 Å². The Kier molecular flexibility index (Phi) is 2.90. The van der Waals surface area contributed by atoms with Crippen LogP contribution in [0.1, 0.15) is 5.56 Å². The standard InChI is InChI=1S/C10H6N4S/c11-7-8-2-5-12-9(6-8)15-10-13-3-1-4-14-10/h1-6H. The third kappa shape index (κ3) is 2.51. The second-order valence-electron chi connectivity index (χ2n) is 2.63. The lowest BCUT2D eigenvalue weighted by atomic mass is 10.3. The van der Waals surface area contributed by atoms with E-state index in [0.29, 0.717) is 10.7 Å². The largest absolute Gasteiger partial charge is 0.249 e. The summed E-state index contributed by atoms with van der Waals surface area (Å²) < 4.78 is 0. The highest BCUT2D eigenvalue weighted by Crippen LogP contribution is 2.21. The molecule has 0 radical (unpaired) electrons. The van der Waals surface area contributed by atoms with Crippen LogP contribution < -0.4 is 0 Å². The normalized spacial score (nSPS) is 9.53. The Balaban J connectivity index is 2.22. The van der Waals surface area contributed by atoms with E-state index >= 15 is 0 Å². The van der Waals surface area contributed by atoms with Crippen LogP contribution in [0, 0.1) is 11.3 Å². The van der Waals surface area contributed by atoms with Crippen molar-refractivity contribution in [2.75, 3.05) is 0 Å². The molecule has 0 aliphatic carbocycles. The predicted molar refractivity (Wildman–Crippen MR) is 55.1 cm³/mol. The Bertz CT molecular complexity index is 492. The Labute approximate surface area is 91.0 Å². The van der Waals surface area contributed by atoms with Gasteiger partial charge in [0.25, 0.3) is 0 Å². The van der Waals surface area contributed by atoms with Crippen molar-refractivity contribution in [1.29, 1.82) is 5.26 Å². The van der Waals surface area contributed by atoms with Gasteiger partial charge in [-0.2, -0.15) is 5.26 Å². The number of nitriles is 1. The van der Waals surface area contributed by atoms with E-state index in [2.05, 4.69) is 21.0 Å². The summed E-state index contributed by atoms with van der Waals surface area (Å²) in [6.07, 6.45) is 4.94. The molecule has 0 unspecified atom stereocenters. The molecule has 0 fully saturated rings. The number of hydrogen-bond donors (Lipinski definition) is 0. The van der Waals surface area contributed by atoms with Crippen LogP contribution in [0.25, 0.3) is 0 Å². The molecule has 0 N–H and O–H groups in total. The lowest BCUT2D eigenvalue weighted by Gasteiger charge is -1.97. The number of hydrogen-bond acceptors (Lipinski definition) is 5. The number of aromatic nitrogens is 3. The molecule has 2 rings (SSSR count). The molecule has 0 amide bonds. The monoisotopic (exact) mass is 214 g/mol. The van der Waals surface area contributed by atoms with Crippen molar-refractivity contribution in [1.82, 2.24) is 15.0 Å². The van der Waals surface area contributed by atoms with E-state index < -0.39 is 0 Å². The van der Waals surface area contributed by atoms with Gasteiger partial charge in [-0.05, 0) is 30.0 Å². The smallest absolute Gasteiger partial charge is 0.193 e. The minimum Gasteiger partial charge on any atom is -0.249 e. The number of nitrogens with zero attached hydrogens (tertiary/aromatic N) is 4. The first-order valence-electron chi connectivity index (χ1n) is 4.19. The number of pyridine rings is 1. The van der Waals surface area contributed by atoms with Crippen molar-refractivity contribution in [2.24, 2.45) is 0 Å². The third-order valence-electron chi connectivity index (χ3n) is 1.60. The van der Waals surface area contributed by atoms with E-state index in [0.717, 1.165) is 5.03 Å². The molecule has 5 heteroatoms. The van der Waals surface area contributed by atoms with Crippen molar-refractivity contribution >= 4 is 11.8 Å². The highest BCUT2D eigenvalue weighted by molar-refractivity contribution is 7.99. The second kappa shape index (κ2) is 4.53. The van der Waals surface area contributed by atoms with Gasteiger partial charge in [0.05, 0.1) is 11.6 Å². The van der Waals surface area contributed by atoms with Crippen LogP contribution in [0.4, 0.5) is 0 Å². The Morgan fingerprint density at radius 3 is 2.67 bits per heavy atom. The Morgan fingerprint density at radius 1 is 1.13 bits per heavy atom. The molecular formula is C10H6N4S. The van der Waals surface area contributed by atoms with Gasteiger partial charge in [-0.1, -0.05) is 0 Å². The number of rotatable bonds is 2. The molecule has 2 heterocycles. The average Bonchev–Trinajstić information content (AvgIpc) is 2.31. The van der Waals surface area contributed by atoms with Crippen LogP contribution in [0.15, 0.2) is 47.0 Å². The minimum absolute atomic E-state index is 0.587. The molecule has 0 atom stereocenters. The third-order valence-corrected chi connectivity index (χ3v) is 2.43. The first kappa shape index (κ1) is 9.62. The summed E-state index contributed by atoms with van der Waals surface area (Å²) in [6, 6.07) is 7.18. The molecule has 0 aliphatic rings. The lowest BCUT2D eigenvalue weighted by Crippen LogP contribution is -1.86. The van der Waals surface area contributed by atoms with Crippen LogP contribution in [-0.4, -0.2) is 15.0 Å². The molecule has 0 spiro atoms. The van der Waals surface area contributed by atoms with E-state index in [1.807, 2.05) is 0 Å². The molecule has 0 aliphatic heterocycles. The van der Waals surface area contributed by atoms with Crippen LogP contribution in [0.5, 0.6) is 0 Å². The Morgan fingerprint density at radius 2 is 1.93 bits per heavy atom. The first-order valence-corrected chi connectivity index (χ1v) is 5.01. The van der Waals surface area contributed by atoms with Gasteiger partial charge in [-0.3, -0.25) is 0 Å². The molecular weight excluding hydrogens is 208 g/mol. The highest BCUT2D eigenvalue weighted by Gasteiger charge is 2.01. The van der Waals surface area contributed by atoms with Crippen molar-refractivity contribution in [3.63, 3.8) is 0 Å². The summed E-state index contributed by atoms with van der Waals surface area (Å²) >= 11 is 1.33. The van der Waals surface area contributed by atoms with E-state index in [-0.39, 0.29) is 0 Å². The zero-order chi connectivity index (χ0) is 10.5. The van der Waals surface area contributed by atoms with E-state index in [4.69, 9.17) is 5.26 Å². The lowest BCUT2D eigenvalue weighted by molar-refractivity contribution is 0.960. The second-order valence-corrected chi connectivity index (χ2v) is 3.62. The van der Waals surface area contributed by atoms with Gasteiger partial charge < -0.3 is 0 Å². The van der Waals surface area contributed by atoms with Gasteiger partial charge in [0.1, 0.15) is 5.03 Å². The van der Waals surface area contributed by atoms with Crippen molar-refractivity contribution in [2.45, 2.75) is 10.2 Å². The Hall–Kier alpha value is -1.93. The van der Waals surface area contributed by atoms with Crippen molar-refractivity contribution < 1.29 is 0 Å². The topological polar surface area (TPSA) is 62.5 Å². The predicted octanol–water partition coefficient (Wildman–Crippen LogP) is 1.89. The zero-order valence-corrected chi connectivity index (χ0v) is 8.48. The van der Waals surface area contributed by atoms with Gasteiger partial charge in [0, 0.05) is 18.6 Å². The fourth-order valence-corrected chi connectivity index (χ4v) is 1.68. The zero-order valence-electron chi connectivity index (χ0n) is 7.66. The van der Waals surface area contributed by atoms with Crippen LogP contribution in [-0.2, 0) is 0 Å². The molecule has 15 heavy (non-hydrogen) atoms. The summed E-state index contributed by atoms with van der Waals surface area (Å²) in [5.41, 5.74) is 0.587. The van der Waals surface area contributed by atoms with E-state index in [1.165, 1.54) is 11.8 Å². The van der Waals surface area contributed by atoms with Gasteiger partial charge in [0.2, 0.25) is 0 Å². The molecule has 2 aromatic rings. The highest BCUT2D eigenvalue weighted by atomic mass is 32.2. The van der Waals surface area contributed by atoms with Crippen LogP contribution in [0.3, 0.4) is 0 Å². The molecule has 72 valence electrons. The summed E-state index contributed by atoms with van der Waals surface area (Å²) in [5, 5.41) is 10.1. The SMILES string of the molecule is N#Cc1ccnc(Sc2ncccn2)c1. The van der Waals surface area contributed by atoms with Gasteiger partial charge in [0.15, 0.2) is 5.16 Å². The molecule has 0 bridgehead atoms. The van der Waals surface area contributed by atoms with E-state index in [9.17, 15) is 0 Å². The van der Waals surface area contributed by atoms with E-state index in [1.54, 1.807) is 36.8 Å². The molecule has 4 nitrogen and oxygen atoms in total. The summed E-state index contributed by atoms with van der Waals surface area (Å²) in [5.74, 6) is 0. The molecule has 0 saturated heterocycles. The molecule has 0 saturated carbocycles. The summed E-state index contributed by atoms with van der Waals surface area (Å²) in [7, 11) is 0. The van der Waals surface area contributed by atoms with Crippen LogP contribution in [0.2, 0.25) is 0 Å². The fraction of sp³-hybridized carbons (Fsp3) is 0. The maximum Gasteiger partial charge on any atom is 0.193 e. The van der Waals surface area contributed by atoms with Crippen molar-refractivity contribution in [3.05, 3.63) is 42.4 Å². The minimum atomic E-state index is 0.587. The quantitative estimate of drug-likeness (QED) is 0.714. The molecule has 0 aromatic carbocycles. The molecule has 2 aromatic heterocycles. The summed E-state index contributed by atoms with van der Waals surface area (Å²) in [6.45, 7) is 0. The summed E-state index contributed by atoms with van der Waals surface area (Å²) in [4.78, 5) is 12.2. The first-order chi connectivity index (χ1) is 7.38. The average molecular weight is 214 g/mol. The fourth-order valence-electron chi connectivity index (χ4n) is 0.966. The van der Waals surface area contributed by atoms with Crippen LogP contribution >= 0.6 is 11.8 Å². The van der Waals surface area contributed by atoms with Crippen molar-refractivity contribution in [3.8, 4) is 6.07 Å². The maximum atomic E-state index is 8.71. The maximum absolute atomic E-state index is 8.71. The van der Waals surface area contributed by atoms with Gasteiger partial charge >= 0.3 is 0 Å².